The van der Waals surface area contributed by atoms with Crippen LogP contribution < -0.4 is 10.6 Å². The second-order valence-corrected chi connectivity index (χ2v) is 7.07. The molecule has 26 heavy (non-hydrogen) atoms. The number of halogens is 1. The van der Waals surface area contributed by atoms with Crippen LogP contribution in [0.25, 0.3) is 0 Å². The molecule has 0 amide bonds. The highest BCUT2D eigenvalue weighted by molar-refractivity contribution is 14.0. The number of rotatable bonds is 5. The van der Waals surface area contributed by atoms with E-state index in [1.165, 1.54) is 31.2 Å². The van der Waals surface area contributed by atoms with Crippen LogP contribution in [0.3, 0.4) is 0 Å². The van der Waals surface area contributed by atoms with E-state index in [9.17, 15) is 0 Å². The minimum atomic E-state index is 0. The fourth-order valence-electron chi connectivity index (χ4n) is 3.94. The summed E-state index contributed by atoms with van der Waals surface area (Å²) in [5.41, 5.74) is 1.68. The van der Waals surface area contributed by atoms with Gasteiger partial charge in [-0.2, -0.15) is 0 Å². The lowest BCUT2D eigenvalue weighted by Gasteiger charge is -2.43. The van der Waals surface area contributed by atoms with Gasteiger partial charge in [-0.1, -0.05) is 36.8 Å². The van der Waals surface area contributed by atoms with Crippen LogP contribution in [0.15, 0.2) is 35.3 Å². The topological polar surface area (TPSA) is 67.1 Å². The van der Waals surface area contributed by atoms with Crippen molar-refractivity contribution in [2.45, 2.75) is 50.6 Å². The van der Waals surface area contributed by atoms with Crippen molar-refractivity contribution in [2.75, 3.05) is 13.6 Å². The minimum Gasteiger partial charge on any atom is -0.356 e. The predicted molar refractivity (Wildman–Crippen MR) is 114 cm³/mol. The van der Waals surface area contributed by atoms with Crippen LogP contribution in [0.5, 0.6) is 0 Å². The predicted octanol–water partition coefficient (Wildman–Crippen LogP) is 2.63. The maximum Gasteiger partial charge on any atom is 0.191 e. The first-order chi connectivity index (χ1) is 12.3. The Kier molecular flexibility index (Phi) is 6.16. The molecule has 7 heteroatoms. The fraction of sp³-hybridized carbons (Fsp3) is 0.526. The molecule has 2 heterocycles. The molecule has 6 nitrogen and oxygen atoms in total. The molecule has 140 valence electrons. The molecule has 4 rings (SSSR count). The summed E-state index contributed by atoms with van der Waals surface area (Å²) < 4.78 is 2.22. The van der Waals surface area contributed by atoms with Crippen molar-refractivity contribution in [2.24, 2.45) is 4.99 Å². The number of nitrogens with one attached hydrogen (secondary N) is 2. The van der Waals surface area contributed by atoms with Crippen molar-refractivity contribution >= 4 is 29.9 Å². The third-order valence-electron chi connectivity index (χ3n) is 5.61. The van der Waals surface area contributed by atoms with Crippen molar-refractivity contribution in [3.63, 3.8) is 0 Å². The molecule has 2 aliphatic rings. The number of guanidine groups is 1. The lowest BCUT2D eigenvalue weighted by Crippen LogP contribution is -2.48. The number of fused-ring (bicyclic) bond motifs is 1. The molecular weight excluding hydrogens is 439 g/mol. The Hall–Kier alpha value is -1.64. The van der Waals surface area contributed by atoms with Gasteiger partial charge in [-0.05, 0) is 24.8 Å². The summed E-state index contributed by atoms with van der Waals surface area (Å²) in [4.78, 5) is 4.37. The van der Waals surface area contributed by atoms with Gasteiger partial charge in [-0.3, -0.25) is 4.99 Å². The molecule has 1 aliphatic carbocycles. The molecule has 0 saturated heterocycles. The van der Waals surface area contributed by atoms with Crippen LogP contribution >= 0.6 is 24.0 Å². The van der Waals surface area contributed by atoms with Gasteiger partial charge < -0.3 is 15.2 Å². The average Bonchev–Trinajstić information content (AvgIpc) is 3.22. The Morgan fingerprint density at radius 1 is 1.15 bits per heavy atom. The highest BCUT2D eigenvalue weighted by Gasteiger charge is 2.38. The number of aliphatic imine (C=N–C) groups is 1. The Morgan fingerprint density at radius 2 is 1.96 bits per heavy atom. The van der Waals surface area contributed by atoms with Gasteiger partial charge in [0.05, 0.1) is 6.54 Å². The second-order valence-electron chi connectivity index (χ2n) is 7.07. The Balaban J connectivity index is 0.00000196. The Bertz CT molecular complexity index is 751. The van der Waals surface area contributed by atoms with E-state index in [0.717, 1.165) is 37.1 Å². The summed E-state index contributed by atoms with van der Waals surface area (Å²) in [5.74, 6) is 2.94. The molecule has 1 aliphatic heterocycles. The quantitative estimate of drug-likeness (QED) is 0.404. The first-order valence-electron chi connectivity index (χ1n) is 9.22. The Labute approximate surface area is 171 Å². The van der Waals surface area contributed by atoms with Gasteiger partial charge in [0.25, 0.3) is 0 Å². The van der Waals surface area contributed by atoms with E-state index >= 15 is 0 Å². The summed E-state index contributed by atoms with van der Waals surface area (Å²) in [6.45, 7) is 2.60. The molecule has 1 fully saturated rings. The molecular formula is C19H27IN6. The Morgan fingerprint density at radius 3 is 2.65 bits per heavy atom. The lowest BCUT2D eigenvalue weighted by molar-refractivity contribution is 0.244. The van der Waals surface area contributed by atoms with Crippen molar-refractivity contribution in [3.05, 3.63) is 47.5 Å². The SMILES string of the molecule is CN=C(NCc1nnc2n1CCC2)NCC1(c2ccccc2)CCC1.I. The summed E-state index contributed by atoms with van der Waals surface area (Å²) in [7, 11) is 1.82. The van der Waals surface area contributed by atoms with Crippen molar-refractivity contribution in [1.82, 2.24) is 25.4 Å². The molecule has 0 bridgehead atoms. The summed E-state index contributed by atoms with van der Waals surface area (Å²) in [5, 5.41) is 15.5. The standard InChI is InChI=1S/C19H26N6.HI/c1-20-18(21-13-17-24-23-16-9-5-12-25(16)17)22-14-19(10-6-11-19)15-7-3-2-4-8-15;/h2-4,7-8H,5-6,9-14H2,1H3,(H2,20,21,22);1H. The summed E-state index contributed by atoms with van der Waals surface area (Å²) in [6.07, 6.45) is 5.98. The van der Waals surface area contributed by atoms with E-state index in [2.05, 4.69) is 60.7 Å². The van der Waals surface area contributed by atoms with Crippen molar-refractivity contribution in [3.8, 4) is 0 Å². The molecule has 1 aromatic heterocycles. The highest BCUT2D eigenvalue weighted by atomic mass is 127. The highest BCUT2D eigenvalue weighted by Crippen LogP contribution is 2.43. The van der Waals surface area contributed by atoms with Gasteiger partial charge in [-0.15, -0.1) is 34.2 Å². The molecule has 2 N–H and O–H groups in total. The molecule has 1 aromatic carbocycles. The average molecular weight is 466 g/mol. The van der Waals surface area contributed by atoms with E-state index in [4.69, 9.17) is 0 Å². The zero-order valence-electron chi connectivity index (χ0n) is 15.2. The van der Waals surface area contributed by atoms with E-state index in [1.807, 2.05) is 7.05 Å². The second kappa shape index (κ2) is 8.37. The van der Waals surface area contributed by atoms with E-state index < -0.39 is 0 Å². The zero-order chi connectivity index (χ0) is 17.1. The van der Waals surface area contributed by atoms with Crippen LogP contribution in [-0.4, -0.2) is 34.3 Å². The first-order valence-corrected chi connectivity index (χ1v) is 9.22. The zero-order valence-corrected chi connectivity index (χ0v) is 17.6. The van der Waals surface area contributed by atoms with Crippen molar-refractivity contribution < 1.29 is 0 Å². The van der Waals surface area contributed by atoms with Crippen LogP contribution in [0, 0.1) is 0 Å². The van der Waals surface area contributed by atoms with Crippen LogP contribution in [-0.2, 0) is 24.9 Å². The number of hydrogen-bond donors (Lipinski definition) is 2. The third-order valence-corrected chi connectivity index (χ3v) is 5.61. The van der Waals surface area contributed by atoms with Gasteiger partial charge in [0.15, 0.2) is 11.8 Å². The molecule has 0 atom stereocenters. The van der Waals surface area contributed by atoms with Crippen LogP contribution in [0.2, 0.25) is 0 Å². The molecule has 0 radical (unpaired) electrons. The van der Waals surface area contributed by atoms with Gasteiger partial charge in [-0.25, -0.2) is 0 Å². The smallest absolute Gasteiger partial charge is 0.191 e. The summed E-state index contributed by atoms with van der Waals surface area (Å²) >= 11 is 0. The van der Waals surface area contributed by atoms with Gasteiger partial charge in [0.2, 0.25) is 0 Å². The fourth-order valence-corrected chi connectivity index (χ4v) is 3.94. The van der Waals surface area contributed by atoms with E-state index in [0.29, 0.717) is 6.54 Å². The van der Waals surface area contributed by atoms with Gasteiger partial charge >= 0.3 is 0 Å². The lowest BCUT2D eigenvalue weighted by atomic mass is 9.64. The first kappa shape index (κ1) is 19.1. The monoisotopic (exact) mass is 466 g/mol. The van der Waals surface area contributed by atoms with Crippen LogP contribution in [0.1, 0.15) is 42.9 Å². The maximum absolute atomic E-state index is 4.37. The summed E-state index contributed by atoms with van der Waals surface area (Å²) in [6, 6.07) is 10.8. The molecule has 0 spiro atoms. The largest absolute Gasteiger partial charge is 0.356 e. The third kappa shape index (κ3) is 3.72. The van der Waals surface area contributed by atoms with E-state index in [1.54, 1.807) is 0 Å². The molecule has 2 aromatic rings. The normalized spacial score (nSPS) is 17.8. The number of nitrogens with zero attached hydrogens (tertiary/aromatic N) is 4. The minimum absolute atomic E-state index is 0. The van der Waals surface area contributed by atoms with Gasteiger partial charge in [0.1, 0.15) is 5.82 Å². The maximum atomic E-state index is 4.37. The number of aromatic nitrogens is 3. The van der Waals surface area contributed by atoms with Crippen LogP contribution in [0.4, 0.5) is 0 Å². The van der Waals surface area contributed by atoms with Crippen molar-refractivity contribution in [1.29, 1.82) is 0 Å². The van der Waals surface area contributed by atoms with Gasteiger partial charge in [0, 0.05) is 32.0 Å². The number of aryl methyl sites for hydroxylation is 1. The number of hydrogen-bond acceptors (Lipinski definition) is 3. The molecule has 1 saturated carbocycles. The molecule has 0 unspecified atom stereocenters. The van der Waals surface area contributed by atoms with E-state index in [-0.39, 0.29) is 29.4 Å². The number of benzene rings is 1.